The Kier molecular flexibility index (Phi) is 4.07. The van der Waals surface area contributed by atoms with Crippen LogP contribution in [0.15, 0.2) is 40.9 Å². The first kappa shape index (κ1) is 13.2. The molecule has 2 rings (SSSR count). The van der Waals surface area contributed by atoms with Crippen LogP contribution in [0.4, 0.5) is 0 Å². The van der Waals surface area contributed by atoms with Gasteiger partial charge in [0, 0.05) is 4.47 Å². The van der Waals surface area contributed by atoms with Crippen LogP contribution in [0.25, 0.3) is 0 Å². The first-order valence-corrected chi connectivity index (χ1v) is 6.81. The Morgan fingerprint density at radius 1 is 0.944 bits per heavy atom. The van der Waals surface area contributed by atoms with Gasteiger partial charge in [-0.3, -0.25) is 0 Å². The third-order valence-corrected chi connectivity index (χ3v) is 3.65. The molecule has 0 heterocycles. The predicted octanol–water partition coefficient (Wildman–Crippen LogP) is 4.95. The van der Waals surface area contributed by atoms with Crippen molar-refractivity contribution in [3.63, 3.8) is 0 Å². The van der Waals surface area contributed by atoms with Gasteiger partial charge in [-0.15, -0.1) is 0 Å². The van der Waals surface area contributed by atoms with Gasteiger partial charge < -0.3 is 4.74 Å². The summed E-state index contributed by atoms with van der Waals surface area (Å²) in [5, 5.41) is 0. The second-order valence-corrected chi connectivity index (χ2v) is 5.48. The highest BCUT2D eigenvalue weighted by molar-refractivity contribution is 9.10. The lowest BCUT2D eigenvalue weighted by molar-refractivity contribution is 0.302. The van der Waals surface area contributed by atoms with Crippen LogP contribution in [0.3, 0.4) is 0 Å². The lowest BCUT2D eigenvalue weighted by atomic mass is 10.0. The van der Waals surface area contributed by atoms with Crippen molar-refractivity contribution in [1.82, 2.24) is 0 Å². The molecule has 0 saturated heterocycles. The molecule has 2 aromatic rings. The van der Waals surface area contributed by atoms with Crippen molar-refractivity contribution >= 4 is 15.9 Å². The summed E-state index contributed by atoms with van der Waals surface area (Å²) in [5.74, 6) is 0.945. The first-order valence-electron chi connectivity index (χ1n) is 6.02. The highest BCUT2D eigenvalue weighted by Crippen LogP contribution is 2.24. The van der Waals surface area contributed by atoms with E-state index in [0.29, 0.717) is 6.61 Å². The molecule has 0 fully saturated rings. The molecule has 0 aliphatic rings. The van der Waals surface area contributed by atoms with Gasteiger partial charge in [-0.25, -0.2) is 0 Å². The lowest BCUT2D eigenvalue weighted by Crippen LogP contribution is -2.01. The minimum atomic E-state index is 0.626. The maximum atomic E-state index is 5.92. The van der Waals surface area contributed by atoms with Gasteiger partial charge in [-0.05, 0) is 61.2 Å². The number of rotatable bonds is 3. The monoisotopic (exact) mass is 304 g/mol. The third-order valence-electron chi connectivity index (χ3n) is 3.15. The van der Waals surface area contributed by atoms with Gasteiger partial charge in [-0.1, -0.05) is 34.1 Å². The van der Waals surface area contributed by atoms with Crippen molar-refractivity contribution in [3.05, 3.63) is 63.1 Å². The van der Waals surface area contributed by atoms with Crippen molar-refractivity contribution in [2.45, 2.75) is 27.4 Å². The summed E-state index contributed by atoms with van der Waals surface area (Å²) in [4.78, 5) is 0. The van der Waals surface area contributed by atoms with Gasteiger partial charge >= 0.3 is 0 Å². The molecule has 0 N–H and O–H groups in total. The van der Waals surface area contributed by atoms with E-state index in [1.54, 1.807) is 0 Å². The zero-order chi connectivity index (χ0) is 13.1. The van der Waals surface area contributed by atoms with Gasteiger partial charge in [0.15, 0.2) is 0 Å². The highest BCUT2D eigenvalue weighted by atomic mass is 79.9. The smallest absolute Gasteiger partial charge is 0.122 e. The average molecular weight is 305 g/mol. The average Bonchev–Trinajstić information content (AvgIpc) is 2.31. The molecule has 94 valence electrons. The number of benzene rings is 2. The molecule has 0 radical (unpaired) electrons. The van der Waals surface area contributed by atoms with E-state index in [9.17, 15) is 0 Å². The second kappa shape index (κ2) is 5.57. The van der Waals surface area contributed by atoms with Crippen LogP contribution in [-0.2, 0) is 6.61 Å². The summed E-state index contributed by atoms with van der Waals surface area (Å²) in [6.07, 6.45) is 0. The van der Waals surface area contributed by atoms with E-state index in [1.165, 1.54) is 16.7 Å². The maximum absolute atomic E-state index is 5.92. The number of aryl methyl sites for hydroxylation is 3. The van der Waals surface area contributed by atoms with Crippen molar-refractivity contribution in [2.75, 3.05) is 0 Å². The molecule has 0 amide bonds. The summed E-state index contributed by atoms with van der Waals surface area (Å²) < 4.78 is 7.00. The van der Waals surface area contributed by atoms with Gasteiger partial charge in [0.25, 0.3) is 0 Å². The molecule has 0 spiro atoms. The predicted molar refractivity (Wildman–Crippen MR) is 79.1 cm³/mol. The summed E-state index contributed by atoms with van der Waals surface area (Å²) in [7, 11) is 0. The minimum absolute atomic E-state index is 0.626. The van der Waals surface area contributed by atoms with Crippen LogP contribution < -0.4 is 4.74 Å². The Bertz CT molecular complexity index is 541. The normalized spacial score (nSPS) is 10.4. The molecule has 0 aliphatic carbocycles. The third kappa shape index (κ3) is 2.94. The summed E-state index contributed by atoms with van der Waals surface area (Å²) in [6, 6.07) is 12.4. The molecular weight excluding hydrogens is 288 g/mol. The molecule has 18 heavy (non-hydrogen) atoms. The molecule has 0 aliphatic heterocycles. The SMILES string of the molecule is Cc1cc(Br)ccc1OCc1c(C)cccc1C. The molecule has 0 atom stereocenters. The molecule has 0 aromatic heterocycles. The molecule has 2 aromatic carbocycles. The molecular formula is C16H17BrO. The largest absolute Gasteiger partial charge is 0.489 e. The minimum Gasteiger partial charge on any atom is -0.489 e. The van der Waals surface area contributed by atoms with Gasteiger partial charge in [0.2, 0.25) is 0 Å². The van der Waals surface area contributed by atoms with Crippen LogP contribution in [0.1, 0.15) is 22.3 Å². The summed E-state index contributed by atoms with van der Waals surface area (Å²) >= 11 is 3.46. The van der Waals surface area contributed by atoms with E-state index < -0.39 is 0 Å². The molecule has 1 nitrogen and oxygen atoms in total. The molecule has 2 heteroatoms. The van der Waals surface area contributed by atoms with Crippen molar-refractivity contribution in [1.29, 1.82) is 0 Å². The van der Waals surface area contributed by atoms with E-state index in [1.807, 2.05) is 12.1 Å². The maximum Gasteiger partial charge on any atom is 0.122 e. The highest BCUT2D eigenvalue weighted by Gasteiger charge is 2.05. The van der Waals surface area contributed by atoms with Crippen molar-refractivity contribution in [3.8, 4) is 5.75 Å². The van der Waals surface area contributed by atoms with Crippen LogP contribution in [-0.4, -0.2) is 0 Å². The fraction of sp³-hybridized carbons (Fsp3) is 0.250. The van der Waals surface area contributed by atoms with Gasteiger partial charge in [0.1, 0.15) is 12.4 Å². The second-order valence-electron chi connectivity index (χ2n) is 4.57. The number of ether oxygens (including phenoxy) is 1. The van der Waals surface area contributed by atoms with Crippen molar-refractivity contribution < 1.29 is 4.74 Å². The number of hydrogen-bond acceptors (Lipinski definition) is 1. The van der Waals surface area contributed by atoms with Crippen molar-refractivity contribution in [2.24, 2.45) is 0 Å². The fourth-order valence-electron chi connectivity index (χ4n) is 2.00. The van der Waals surface area contributed by atoms with E-state index in [0.717, 1.165) is 15.8 Å². The molecule has 0 unspecified atom stereocenters. The topological polar surface area (TPSA) is 9.23 Å². The van der Waals surface area contributed by atoms with E-state index in [-0.39, 0.29) is 0 Å². The Hall–Kier alpha value is -1.28. The first-order chi connectivity index (χ1) is 8.58. The summed E-state index contributed by atoms with van der Waals surface area (Å²) in [6.45, 7) is 6.94. The Morgan fingerprint density at radius 3 is 2.22 bits per heavy atom. The van der Waals surface area contributed by atoms with Crippen LogP contribution in [0, 0.1) is 20.8 Å². The van der Waals surface area contributed by atoms with Crippen LogP contribution in [0.5, 0.6) is 5.75 Å². The van der Waals surface area contributed by atoms with E-state index in [2.05, 4.69) is 61.0 Å². The number of halogens is 1. The van der Waals surface area contributed by atoms with Gasteiger partial charge in [-0.2, -0.15) is 0 Å². The lowest BCUT2D eigenvalue weighted by Gasteiger charge is -2.13. The molecule has 0 saturated carbocycles. The molecule has 0 bridgehead atoms. The van der Waals surface area contributed by atoms with E-state index >= 15 is 0 Å². The Balaban J connectivity index is 2.16. The van der Waals surface area contributed by atoms with Crippen LogP contribution >= 0.6 is 15.9 Å². The zero-order valence-electron chi connectivity index (χ0n) is 11.0. The summed E-state index contributed by atoms with van der Waals surface area (Å²) in [5.41, 5.74) is 4.99. The van der Waals surface area contributed by atoms with E-state index in [4.69, 9.17) is 4.74 Å². The fourth-order valence-corrected chi connectivity index (χ4v) is 2.48. The quantitative estimate of drug-likeness (QED) is 0.779. The number of hydrogen-bond donors (Lipinski definition) is 0. The van der Waals surface area contributed by atoms with Crippen LogP contribution in [0.2, 0.25) is 0 Å². The van der Waals surface area contributed by atoms with Gasteiger partial charge in [0.05, 0.1) is 0 Å². The Labute approximate surface area is 117 Å². The zero-order valence-corrected chi connectivity index (χ0v) is 12.5. The standard InChI is InChI=1S/C16H17BrO/c1-11-5-4-6-12(2)15(11)10-18-16-8-7-14(17)9-13(16)3/h4-9H,10H2,1-3H3. The Morgan fingerprint density at radius 2 is 1.61 bits per heavy atom.